The third kappa shape index (κ3) is 5.83. The van der Waals surface area contributed by atoms with E-state index in [-0.39, 0.29) is 12.3 Å². The average molecular weight is 250 g/mol. The number of halogens is 2. The summed E-state index contributed by atoms with van der Waals surface area (Å²) in [5, 5.41) is 0. The lowest BCUT2D eigenvalue weighted by molar-refractivity contribution is -0.112. The molecule has 0 amide bonds. The molecule has 0 heterocycles. The summed E-state index contributed by atoms with van der Waals surface area (Å²) in [6.07, 6.45) is 5.16. The predicted molar refractivity (Wildman–Crippen MR) is 64.1 cm³/mol. The van der Waals surface area contributed by atoms with Gasteiger partial charge < -0.3 is 4.79 Å². The summed E-state index contributed by atoms with van der Waals surface area (Å²) in [5.41, 5.74) is 0. The molecule has 1 aliphatic rings. The Balaban J connectivity index is 2.04. The first-order valence-corrected chi connectivity index (χ1v) is 7.07. The van der Waals surface area contributed by atoms with Crippen LogP contribution in [0.15, 0.2) is 0 Å². The lowest BCUT2D eigenvalue weighted by Crippen LogP contribution is -2.17. The maximum absolute atomic E-state index is 12.5. The Bertz CT molecular complexity index is 208. The van der Waals surface area contributed by atoms with Crippen LogP contribution in [-0.2, 0) is 4.79 Å². The third-order valence-corrected chi connectivity index (χ3v) is 4.32. The van der Waals surface area contributed by atoms with Gasteiger partial charge in [-0.05, 0) is 50.0 Å². The molecule has 0 aromatic rings. The van der Waals surface area contributed by atoms with Gasteiger partial charge in [-0.15, -0.1) is 0 Å². The maximum atomic E-state index is 12.5. The molecule has 1 aliphatic carbocycles. The molecule has 0 saturated heterocycles. The van der Waals surface area contributed by atoms with Gasteiger partial charge in [0.05, 0.1) is 0 Å². The molecule has 1 nitrogen and oxygen atoms in total. The smallest absolute Gasteiger partial charge is 0.246 e. The third-order valence-electron chi connectivity index (χ3n) is 3.12. The van der Waals surface area contributed by atoms with Gasteiger partial charge >= 0.3 is 0 Å². The van der Waals surface area contributed by atoms with Crippen molar-refractivity contribution < 1.29 is 13.6 Å². The normalized spacial score (nSPS) is 26.7. The summed E-state index contributed by atoms with van der Waals surface area (Å²) in [5.74, 6) is -0.131. The zero-order valence-corrected chi connectivity index (χ0v) is 10.6. The van der Waals surface area contributed by atoms with Crippen LogP contribution in [0.2, 0.25) is 0 Å². The van der Waals surface area contributed by atoms with Crippen molar-refractivity contribution in [2.45, 2.75) is 45.0 Å². The number of hydrogen-bond donors (Lipinski definition) is 0. The number of aldehydes is 1. The molecule has 94 valence electrons. The van der Waals surface area contributed by atoms with E-state index in [0.717, 1.165) is 44.6 Å². The summed E-state index contributed by atoms with van der Waals surface area (Å²) in [7, 11) is 0. The highest BCUT2D eigenvalue weighted by Gasteiger charge is 2.22. The van der Waals surface area contributed by atoms with Crippen LogP contribution in [0.4, 0.5) is 8.78 Å². The fourth-order valence-corrected chi connectivity index (χ4v) is 3.33. The molecule has 4 heteroatoms. The minimum Gasteiger partial charge on any atom is -0.303 e. The van der Waals surface area contributed by atoms with Crippen molar-refractivity contribution in [1.82, 2.24) is 0 Å². The van der Waals surface area contributed by atoms with Gasteiger partial charge in [0, 0.05) is 12.3 Å². The van der Waals surface area contributed by atoms with E-state index >= 15 is 0 Å². The number of carbonyl (C=O) groups excluding carboxylic acids is 1. The van der Waals surface area contributed by atoms with E-state index in [1.807, 2.05) is 0 Å². The molecule has 0 atom stereocenters. The Morgan fingerprint density at radius 1 is 1.31 bits per heavy atom. The van der Waals surface area contributed by atoms with Crippen LogP contribution in [0.25, 0.3) is 0 Å². The van der Waals surface area contributed by atoms with Gasteiger partial charge in [-0.3, -0.25) is 0 Å². The highest BCUT2D eigenvalue weighted by molar-refractivity contribution is 7.99. The van der Waals surface area contributed by atoms with Crippen LogP contribution < -0.4 is 0 Å². The highest BCUT2D eigenvalue weighted by atomic mass is 32.2. The Kier molecular flexibility index (Phi) is 5.73. The molecular weight excluding hydrogens is 230 g/mol. The van der Waals surface area contributed by atoms with E-state index in [0.29, 0.717) is 11.7 Å². The summed E-state index contributed by atoms with van der Waals surface area (Å²) in [6.45, 7) is 0.975. The molecule has 0 aromatic heterocycles. The second-order valence-electron chi connectivity index (χ2n) is 4.81. The van der Waals surface area contributed by atoms with E-state index in [2.05, 4.69) is 0 Å². The zero-order chi connectivity index (χ0) is 12.0. The van der Waals surface area contributed by atoms with Crippen molar-refractivity contribution in [3.05, 3.63) is 0 Å². The average Bonchev–Trinajstić information content (AvgIpc) is 2.24. The first kappa shape index (κ1) is 13.9. The number of hydrogen-bond acceptors (Lipinski definition) is 2. The first-order valence-electron chi connectivity index (χ1n) is 5.92. The van der Waals surface area contributed by atoms with Gasteiger partial charge in [0.2, 0.25) is 5.92 Å². The van der Waals surface area contributed by atoms with Gasteiger partial charge in [-0.2, -0.15) is 11.8 Å². The van der Waals surface area contributed by atoms with Gasteiger partial charge in [0.15, 0.2) is 0 Å². The Morgan fingerprint density at radius 3 is 2.44 bits per heavy atom. The zero-order valence-electron chi connectivity index (χ0n) is 9.75. The number of thioether (sulfide) groups is 1. The largest absolute Gasteiger partial charge is 0.303 e. The molecular formula is C12H20F2OS. The van der Waals surface area contributed by atoms with Gasteiger partial charge in [0.1, 0.15) is 6.29 Å². The van der Waals surface area contributed by atoms with Gasteiger partial charge in [0.25, 0.3) is 0 Å². The molecule has 1 saturated carbocycles. The molecule has 1 fully saturated rings. The lowest BCUT2D eigenvalue weighted by Gasteiger charge is -2.25. The van der Waals surface area contributed by atoms with Crippen molar-refractivity contribution in [3.63, 3.8) is 0 Å². The Hall–Kier alpha value is -0.120. The molecule has 0 spiro atoms. The maximum Gasteiger partial charge on any atom is 0.246 e. The summed E-state index contributed by atoms with van der Waals surface area (Å²) >= 11 is 1.63. The standard InChI is InChI=1S/C12H20F2OS/c1-12(13,14)6-7-16-9-11-4-2-10(8-15)3-5-11/h8,10-11H,2-7,9H2,1H3. The number of rotatable bonds is 6. The predicted octanol–water partition coefficient (Wildman–Crippen LogP) is 3.77. The minimum absolute atomic E-state index is 0.0264. The number of carbonyl (C=O) groups is 1. The van der Waals surface area contributed by atoms with E-state index in [4.69, 9.17) is 0 Å². The second kappa shape index (κ2) is 6.58. The fourth-order valence-electron chi connectivity index (χ4n) is 1.99. The SMILES string of the molecule is CC(F)(F)CCSCC1CCC(C=O)CC1. The van der Waals surface area contributed by atoms with Crippen LogP contribution >= 0.6 is 11.8 Å². The molecule has 0 bridgehead atoms. The molecule has 16 heavy (non-hydrogen) atoms. The molecule has 0 aromatic carbocycles. The van der Waals surface area contributed by atoms with E-state index < -0.39 is 5.92 Å². The highest BCUT2D eigenvalue weighted by Crippen LogP contribution is 2.30. The summed E-state index contributed by atoms with van der Waals surface area (Å²) < 4.78 is 25.1. The van der Waals surface area contributed by atoms with Crippen LogP contribution in [0.5, 0.6) is 0 Å². The van der Waals surface area contributed by atoms with Crippen LogP contribution in [0.3, 0.4) is 0 Å². The Labute approximate surface area is 100 Å². The van der Waals surface area contributed by atoms with E-state index in [9.17, 15) is 13.6 Å². The van der Waals surface area contributed by atoms with Crippen LogP contribution in [-0.4, -0.2) is 23.7 Å². The van der Waals surface area contributed by atoms with Crippen LogP contribution in [0, 0.1) is 11.8 Å². The Morgan fingerprint density at radius 2 is 1.94 bits per heavy atom. The summed E-state index contributed by atoms with van der Waals surface area (Å²) in [4.78, 5) is 10.5. The van der Waals surface area contributed by atoms with E-state index in [1.165, 1.54) is 0 Å². The molecule has 0 aliphatic heterocycles. The van der Waals surface area contributed by atoms with E-state index in [1.54, 1.807) is 11.8 Å². The van der Waals surface area contributed by atoms with Crippen molar-refractivity contribution in [1.29, 1.82) is 0 Å². The molecule has 0 unspecified atom stereocenters. The van der Waals surface area contributed by atoms with Gasteiger partial charge in [-0.1, -0.05) is 0 Å². The van der Waals surface area contributed by atoms with Crippen molar-refractivity contribution >= 4 is 18.0 Å². The van der Waals surface area contributed by atoms with Gasteiger partial charge in [-0.25, -0.2) is 8.78 Å². The number of alkyl halides is 2. The second-order valence-corrected chi connectivity index (χ2v) is 5.96. The first-order chi connectivity index (χ1) is 7.51. The van der Waals surface area contributed by atoms with Crippen molar-refractivity contribution in [2.75, 3.05) is 11.5 Å². The monoisotopic (exact) mass is 250 g/mol. The topological polar surface area (TPSA) is 17.1 Å². The lowest BCUT2D eigenvalue weighted by atomic mass is 9.84. The van der Waals surface area contributed by atoms with Crippen LogP contribution in [0.1, 0.15) is 39.0 Å². The van der Waals surface area contributed by atoms with Crippen molar-refractivity contribution in [3.8, 4) is 0 Å². The molecule has 1 rings (SSSR count). The van der Waals surface area contributed by atoms with Crippen molar-refractivity contribution in [2.24, 2.45) is 11.8 Å². The molecule has 0 N–H and O–H groups in total. The minimum atomic E-state index is -2.53. The quantitative estimate of drug-likeness (QED) is 0.527. The molecule has 0 radical (unpaired) electrons. The fraction of sp³-hybridized carbons (Fsp3) is 0.917. The summed E-state index contributed by atoms with van der Waals surface area (Å²) in [6, 6.07) is 0.